The minimum Gasteiger partial charge on any atom is -0.497 e. The molecule has 0 aliphatic rings. The fourth-order valence-electron chi connectivity index (χ4n) is 2.11. The number of ether oxygens (including phenoxy) is 1. The highest BCUT2D eigenvalue weighted by atomic mass is 16.5. The van der Waals surface area contributed by atoms with Gasteiger partial charge in [-0.3, -0.25) is 4.79 Å². The molecule has 1 heterocycles. The Bertz CT molecular complexity index is 793. The van der Waals surface area contributed by atoms with Gasteiger partial charge in [-0.25, -0.2) is 5.10 Å². The van der Waals surface area contributed by atoms with Gasteiger partial charge in [0.25, 0.3) is 5.56 Å². The number of benzene rings is 2. The summed E-state index contributed by atoms with van der Waals surface area (Å²) in [4.78, 5) is 11.7. The molecular weight excluding hydrogens is 240 g/mol. The van der Waals surface area contributed by atoms with E-state index >= 15 is 0 Å². The number of rotatable bonds is 2. The zero-order chi connectivity index (χ0) is 13.2. The molecule has 1 N–H and O–H groups in total. The Kier molecular flexibility index (Phi) is 2.76. The van der Waals surface area contributed by atoms with Crippen molar-refractivity contribution in [3.8, 4) is 17.0 Å². The maximum absolute atomic E-state index is 11.7. The third-order valence-electron chi connectivity index (χ3n) is 3.04. The summed E-state index contributed by atoms with van der Waals surface area (Å²) in [6, 6.07) is 15.0. The molecule has 1 aromatic heterocycles. The monoisotopic (exact) mass is 252 g/mol. The molecule has 3 rings (SSSR count). The molecule has 0 radical (unpaired) electrons. The van der Waals surface area contributed by atoms with Crippen LogP contribution < -0.4 is 10.3 Å². The smallest absolute Gasteiger partial charge is 0.272 e. The van der Waals surface area contributed by atoms with Crippen LogP contribution in [0.5, 0.6) is 5.75 Å². The van der Waals surface area contributed by atoms with E-state index in [4.69, 9.17) is 4.74 Å². The van der Waals surface area contributed by atoms with Crippen LogP contribution in [0.2, 0.25) is 0 Å². The molecule has 0 unspecified atom stereocenters. The lowest BCUT2D eigenvalue weighted by molar-refractivity contribution is 0.415. The van der Waals surface area contributed by atoms with Crippen LogP contribution in [0.3, 0.4) is 0 Å². The molecule has 0 fully saturated rings. The lowest BCUT2D eigenvalue weighted by atomic mass is 10.1. The Balaban J connectivity index is 2.31. The number of nitrogens with zero attached hydrogens (tertiary/aromatic N) is 1. The van der Waals surface area contributed by atoms with E-state index in [2.05, 4.69) is 10.2 Å². The van der Waals surface area contributed by atoms with Gasteiger partial charge in [0.2, 0.25) is 0 Å². The van der Waals surface area contributed by atoms with E-state index in [1.807, 2.05) is 42.5 Å². The van der Waals surface area contributed by atoms with Gasteiger partial charge in [0.1, 0.15) is 5.75 Å². The van der Waals surface area contributed by atoms with Crippen molar-refractivity contribution in [1.29, 1.82) is 0 Å². The summed E-state index contributed by atoms with van der Waals surface area (Å²) in [5, 5.41) is 8.16. The summed E-state index contributed by atoms with van der Waals surface area (Å²) in [5.41, 5.74) is 1.48. The van der Waals surface area contributed by atoms with Crippen LogP contribution in [-0.2, 0) is 0 Å². The van der Waals surface area contributed by atoms with Crippen molar-refractivity contribution in [3.63, 3.8) is 0 Å². The molecule has 0 saturated heterocycles. The Labute approximate surface area is 109 Å². The number of fused-ring (bicyclic) bond motifs is 1. The predicted molar refractivity (Wildman–Crippen MR) is 74.4 cm³/mol. The third kappa shape index (κ3) is 1.97. The molecule has 4 heteroatoms. The summed E-state index contributed by atoms with van der Waals surface area (Å²) < 4.78 is 5.21. The molecule has 0 amide bonds. The van der Waals surface area contributed by atoms with Crippen LogP contribution in [0.25, 0.3) is 22.0 Å². The standard InChI is InChI=1S/C15H12N2O2/c1-19-11-6-4-5-10(9-11)14-12-7-2-3-8-13(12)15(18)17-16-14/h2-9H,1H3,(H,17,18). The summed E-state index contributed by atoms with van der Waals surface area (Å²) in [6.45, 7) is 0. The molecule has 0 atom stereocenters. The summed E-state index contributed by atoms with van der Waals surface area (Å²) in [7, 11) is 1.62. The first kappa shape index (κ1) is 11.5. The highest BCUT2D eigenvalue weighted by Crippen LogP contribution is 2.26. The van der Waals surface area contributed by atoms with E-state index in [1.54, 1.807) is 13.2 Å². The summed E-state index contributed by atoms with van der Waals surface area (Å²) in [6.07, 6.45) is 0. The van der Waals surface area contributed by atoms with E-state index in [0.29, 0.717) is 5.39 Å². The maximum atomic E-state index is 11.7. The minimum atomic E-state index is -0.178. The number of hydrogen-bond acceptors (Lipinski definition) is 3. The fourth-order valence-corrected chi connectivity index (χ4v) is 2.11. The second kappa shape index (κ2) is 4.57. The summed E-state index contributed by atoms with van der Waals surface area (Å²) >= 11 is 0. The van der Waals surface area contributed by atoms with Gasteiger partial charge in [0.15, 0.2) is 0 Å². The molecule has 94 valence electrons. The number of methoxy groups -OCH3 is 1. The molecule has 0 bridgehead atoms. The van der Waals surface area contributed by atoms with Crippen LogP contribution in [0.15, 0.2) is 53.3 Å². The highest BCUT2D eigenvalue weighted by Gasteiger charge is 2.08. The number of aromatic nitrogens is 2. The van der Waals surface area contributed by atoms with Crippen molar-refractivity contribution >= 4 is 10.8 Å². The zero-order valence-electron chi connectivity index (χ0n) is 10.4. The van der Waals surface area contributed by atoms with Gasteiger partial charge in [0.05, 0.1) is 18.2 Å². The normalized spacial score (nSPS) is 10.6. The average molecular weight is 252 g/mol. The third-order valence-corrected chi connectivity index (χ3v) is 3.04. The topological polar surface area (TPSA) is 55.0 Å². The van der Waals surface area contributed by atoms with Gasteiger partial charge >= 0.3 is 0 Å². The van der Waals surface area contributed by atoms with Gasteiger partial charge in [-0.05, 0) is 18.2 Å². The SMILES string of the molecule is COc1cccc(-c2n[nH]c(=O)c3ccccc23)c1. The van der Waals surface area contributed by atoms with Crippen molar-refractivity contribution in [2.75, 3.05) is 7.11 Å². The number of aromatic amines is 1. The maximum Gasteiger partial charge on any atom is 0.272 e. The average Bonchev–Trinajstić information content (AvgIpc) is 2.48. The van der Waals surface area contributed by atoms with Crippen LogP contribution in [-0.4, -0.2) is 17.3 Å². The molecular formula is C15H12N2O2. The highest BCUT2D eigenvalue weighted by molar-refractivity contribution is 5.93. The van der Waals surface area contributed by atoms with Crippen LogP contribution in [0, 0.1) is 0 Å². The zero-order valence-corrected chi connectivity index (χ0v) is 10.4. The van der Waals surface area contributed by atoms with E-state index in [9.17, 15) is 4.79 Å². The van der Waals surface area contributed by atoms with Crippen LogP contribution in [0.1, 0.15) is 0 Å². The van der Waals surface area contributed by atoms with Gasteiger partial charge in [-0.15, -0.1) is 0 Å². The Morgan fingerprint density at radius 1 is 1.05 bits per heavy atom. The van der Waals surface area contributed by atoms with Gasteiger partial charge in [0, 0.05) is 10.9 Å². The van der Waals surface area contributed by atoms with Crippen molar-refractivity contribution < 1.29 is 4.74 Å². The fraction of sp³-hybridized carbons (Fsp3) is 0.0667. The number of H-pyrrole nitrogens is 1. The van der Waals surface area contributed by atoms with E-state index in [0.717, 1.165) is 22.4 Å². The van der Waals surface area contributed by atoms with Crippen molar-refractivity contribution in [2.45, 2.75) is 0 Å². The van der Waals surface area contributed by atoms with E-state index < -0.39 is 0 Å². The quantitative estimate of drug-likeness (QED) is 0.762. The molecule has 4 nitrogen and oxygen atoms in total. The Hall–Kier alpha value is -2.62. The van der Waals surface area contributed by atoms with Gasteiger partial charge in [-0.2, -0.15) is 5.10 Å². The molecule has 19 heavy (non-hydrogen) atoms. The predicted octanol–water partition coefficient (Wildman–Crippen LogP) is 2.60. The number of hydrogen-bond donors (Lipinski definition) is 1. The summed E-state index contributed by atoms with van der Waals surface area (Å²) in [5.74, 6) is 0.759. The largest absolute Gasteiger partial charge is 0.497 e. The van der Waals surface area contributed by atoms with E-state index in [-0.39, 0.29) is 5.56 Å². The van der Waals surface area contributed by atoms with Gasteiger partial charge in [-0.1, -0.05) is 30.3 Å². The molecule has 0 aliphatic carbocycles. The minimum absolute atomic E-state index is 0.178. The molecule has 0 saturated carbocycles. The first-order chi connectivity index (χ1) is 9.29. The molecule has 0 aliphatic heterocycles. The second-order valence-electron chi connectivity index (χ2n) is 4.18. The molecule has 0 spiro atoms. The van der Waals surface area contributed by atoms with Gasteiger partial charge < -0.3 is 4.74 Å². The first-order valence-electron chi connectivity index (χ1n) is 5.91. The molecule has 2 aromatic carbocycles. The Morgan fingerprint density at radius 2 is 1.84 bits per heavy atom. The van der Waals surface area contributed by atoms with Crippen LogP contribution in [0.4, 0.5) is 0 Å². The van der Waals surface area contributed by atoms with E-state index in [1.165, 1.54) is 0 Å². The van der Waals surface area contributed by atoms with Crippen molar-refractivity contribution in [1.82, 2.24) is 10.2 Å². The van der Waals surface area contributed by atoms with Crippen LogP contribution >= 0.6 is 0 Å². The first-order valence-corrected chi connectivity index (χ1v) is 5.91. The second-order valence-corrected chi connectivity index (χ2v) is 4.18. The van der Waals surface area contributed by atoms with Crippen molar-refractivity contribution in [3.05, 3.63) is 58.9 Å². The lowest BCUT2D eigenvalue weighted by Gasteiger charge is -2.06. The van der Waals surface area contributed by atoms with Crippen molar-refractivity contribution in [2.24, 2.45) is 0 Å². The lowest BCUT2D eigenvalue weighted by Crippen LogP contribution is -2.09. The molecule has 3 aromatic rings. The Morgan fingerprint density at radius 3 is 2.63 bits per heavy atom. The number of nitrogens with one attached hydrogen (secondary N) is 1.